The first-order valence-electron chi connectivity index (χ1n) is 10.7. The minimum Gasteiger partial charge on any atom is -0.492 e. The van der Waals surface area contributed by atoms with Crippen molar-refractivity contribution in [3.63, 3.8) is 0 Å². The molecule has 0 spiro atoms. The number of furan rings is 1. The van der Waals surface area contributed by atoms with Crippen LogP contribution in [0.5, 0.6) is 5.75 Å². The molecule has 0 saturated heterocycles. The van der Waals surface area contributed by atoms with Crippen molar-refractivity contribution < 1.29 is 23.5 Å². The Morgan fingerprint density at radius 1 is 0.971 bits per heavy atom. The van der Waals surface area contributed by atoms with Crippen LogP contribution in [0.2, 0.25) is 0 Å². The number of carbonyl (C=O) groups is 2. The number of ether oxygens (including phenoxy) is 2. The number of para-hydroxylation sites is 2. The molecule has 0 fully saturated rings. The predicted molar refractivity (Wildman–Crippen MR) is 130 cm³/mol. The molecule has 0 aliphatic rings. The Kier molecular flexibility index (Phi) is 7.10. The van der Waals surface area contributed by atoms with Gasteiger partial charge in [0.05, 0.1) is 24.5 Å². The lowest BCUT2D eigenvalue weighted by Gasteiger charge is -2.09. The Morgan fingerprint density at radius 3 is 2.53 bits per heavy atom. The molecule has 0 saturated carbocycles. The average molecular weight is 460 g/mol. The number of nitrogens with two attached hydrogens (primary N) is 1. The second-order valence-corrected chi connectivity index (χ2v) is 7.59. The Bertz CT molecular complexity index is 1300. The van der Waals surface area contributed by atoms with Gasteiger partial charge in [-0.1, -0.05) is 18.2 Å². The number of methoxy groups -OCH3 is 1. The van der Waals surface area contributed by atoms with E-state index in [1.165, 1.54) is 0 Å². The molecule has 174 valence electrons. The second kappa shape index (κ2) is 10.5. The molecule has 0 unspecified atom stereocenters. The highest BCUT2D eigenvalue weighted by Gasteiger charge is 2.12. The van der Waals surface area contributed by atoms with Crippen LogP contribution < -0.4 is 21.1 Å². The van der Waals surface area contributed by atoms with Crippen molar-refractivity contribution in [1.82, 2.24) is 5.32 Å². The van der Waals surface area contributed by atoms with Gasteiger partial charge in [0.15, 0.2) is 5.76 Å². The summed E-state index contributed by atoms with van der Waals surface area (Å²) in [5.74, 6) is 0.232. The van der Waals surface area contributed by atoms with Crippen molar-refractivity contribution in [2.24, 2.45) is 0 Å². The summed E-state index contributed by atoms with van der Waals surface area (Å²) < 4.78 is 16.4. The summed E-state index contributed by atoms with van der Waals surface area (Å²) in [5.41, 5.74) is 9.03. The molecule has 0 atom stereocenters. The number of anilines is 2. The molecule has 8 heteroatoms. The normalized spacial score (nSPS) is 10.7. The van der Waals surface area contributed by atoms with E-state index in [0.29, 0.717) is 41.4 Å². The minimum absolute atomic E-state index is 0.235. The number of amides is 2. The molecule has 4 N–H and O–H groups in total. The Hall–Kier alpha value is -4.30. The molecule has 3 aromatic carbocycles. The average Bonchev–Trinajstić information content (AvgIpc) is 3.27. The van der Waals surface area contributed by atoms with Crippen molar-refractivity contribution >= 4 is 34.2 Å². The van der Waals surface area contributed by atoms with Crippen LogP contribution in [0.4, 0.5) is 11.4 Å². The first kappa shape index (κ1) is 22.9. The topological polar surface area (TPSA) is 116 Å². The van der Waals surface area contributed by atoms with Crippen molar-refractivity contribution in [2.75, 3.05) is 31.3 Å². The quantitative estimate of drug-likeness (QED) is 0.255. The highest BCUT2D eigenvalue weighted by Crippen LogP contribution is 2.21. The molecule has 4 rings (SSSR count). The van der Waals surface area contributed by atoms with E-state index in [1.807, 2.05) is 18.2 Å². The van der Waals surface area contributed by atoms with Gasteiger partial charge in [-0.2, -0.15) is 0 Å². The highest BCUT2D eigenvalue weighted by atomic mass is 16.5. The van der Waals surface area contributed by atoms with Crippen molar-refractivity contribution in [2.45, 2.75) is 6.61 Å². The van der Waals surface area contributed by atoms with Crippen LogP contribution in [0.3, 0.4) is 0 Å². The summed E-state index contributed by atoms with van der Waals surface area (Å²) in [6.45, 7) is 1.05. The summed E-state index contributed by atoms with van der Waals surface area (Å²) in [6, 6.07) is 21.1. The smallest absolute Gasteiger partial charge is 0.287 e. The number of carbonyl (C=O) groups excluding carboxylic acids is 2. The van der Waals surface area contributed by atoms with Gasteiger partial charge in [0.2, 0.25) is 0 Å². The number of fused-ring (bicyclic) bond motifs is 1. The van der Waals surface area contributed by atoms with E-state index in [2.05, 4.69) is 10.6 Å². The maximum Gasteiger partial charge on any atom is 0.287 e. The van der Waals surface area contributed by atoms with Gasteiger partial charge in [-0.15, -0.1) is 0 Å². The molecule has 0 aliphatic carbocycles. The number of nitrogen functional groups attached to an aromatic ring is 1. The summed E-state index contributed by atoms with van der Waals surface area (Å²) in [4.78, 5) is 24.8. The molecule has 4 aromatic rings. The van der Waals surface area contributed by atoms with Gasteiger partial charge in [0, 0.05) is 18.1 Å². The lowest BCUT2D eigenvalue weighted by atomic mass is 10.2. The van der Waals surface area contributed by atoms with E-state index in [9.17, 15) is 9.59 Å². The third-order valence-corrected chi connectivity index (χ3v) is 5.10. The second-order valence-electron chi connectivity index (χ2n) is 7.59. The number of nitrogens with one attached hydrogen (secondary N) is 2. The summed E-state index contributed by atoms with van der Waals surface area (Å²) in [6.07, 6.45) is 0. The van der Waals surface area contributed by atoms with Gasteiger partial charge < -0.3 is 30.3 Å². The zero-order chi connectivity index (χ0) is 23.9. The molecule has 0 radical (unpaired) electrons. The van der Waals surface area contributed by atoms with Crippen LogP contribution in [-0.2, 0) is 11.3 Å². The van der Waals surface area contributed by atoms with E-state index in [0.717, 1.165) is 10.9 Å². The van der Waals surface area contributed by atoms with Gasteiger partial charge in [-0.05, 0) is 60.2 Å². The lowest BCUT2D eigenvalue weighted by Crippen LogP contribution is -2.27. The van der Waals surface area contributed by atoms with E-state index in [4.69, 9.17) is 19.6 Å². The van der Waals surface area contributed by atoms with Crippen molar-refractivity contribution in [1.29, 1.82) is 0 Å². The fourth-order valence-corrected chi connectivity index (χ4v) is 3.39. The molecule has 1 aromatic heterocycles. The standard InChI is InChI=1S/C26H25N3O5/c1-32-16-17-6-11-23-19(14-17)15-24(34-23)26(31)28-12-13-33-20-9-7-18(8-10-20)25(30)29-22-5-3-2-4-21(22)27/h2-11,14-15H,12-13,16,27H2,1H3,(H,28,31)(H,29,30). The molecule has 8 nitrogen and oxygen atoms in total. The number of hydrogen-bond acceptors (Lipinski definition) is 6. The van der Waals surface area contributed by atoms with Crippen molar-refractivity contribution in [3.8, 4) is 5.75 Å². The highest BCUT2D eigenvalue weighted by molar-refractivity contribution is 6.05. The van der Waals surface area contributed by atoms with Crippen LogP contribution in [0.1, 0.15) is 26.5 Å². The molecule has 2 amide bonds. The van der Waals surface area contributed by atoms with Crippen LogP contribution >= 0.6 is 0 Å². The maximum absolute atomic E-state index is 12.4. The Morgan fingerprint density at radius 2 is 1.76 bits per heavy atom. The number of hydrogen-bond donors (Lipinski definition) is 3. The van der Waals surface area contributed by atoms with Crippen LogP contribution in [0.25, 0.3) is 11.0 Å². The molecule has 1 heterocycles. The SMILES string of the molecule is COCc1ccc2oc(C(=O)NCCOc3ccc(C(=O)Nc4ccccc4N)cc3)cc2c1. The van der Waals surface area contributed by atoms with Gasteiger partial charge in [0.25, 0.3) is 11.8 Å². The Labute approximate surface area is 196 Å². The maximum atomic E-state index is 12.4. The fourth-order valence-electron chi connectivity index (χ4n) is 3.39. The number of benzene rings is 3. The third-order valence-electron chi connectivity index (χ3n) is 5.10. The summed E-state index contributed by atoms with van der Waals surface area (Å²) in [5, 5.41) is 6.39. The van der Waals surface area contributed by atoms with Gasteiger partial charge in [-0.3, -0.25) is 9.59 Å². The lowest BCUT2D eigenvalue weighted by molar-refractivity contribution is 0.0920. The van der Waals surface area contributed by atoms with Crippen LogP contribution in [0, 0.1) is 0 Å². The zero-order valence-corrected chi connectivity index (χ0v) is 18.7. The summed E-state index contributed by atoms with van der Waals surface area (Å²) in [7, 11) is 1.63. The van der Waals surface area contributed by atoms with Gasteiger partial charge in [-0.25, -0.2) is 0 Å². The monoisotopic (exact) mass is 459 g/mol. The first-order valence-corrected chi connectivity index (χ1v) is 10.7. The predicted octanol–water partition coefficient (Wildman–Crippen LogP) is 4.22. The van der Waals surface area contributed by atoms with Gasteiger partial charge >= 0.3 is 0 Å². The van der Waals surface area contributed by atoms with E-state index in [-0.39, 0.29) is 24.2 Å². The van der Waals surface area contributed by atoms with E-state index in [1.54, 1.807) is 61.7 Å². The largest absolute Gasteiger partial charge is 0.492 e. The summed E-state index contributed by atoms with van der Waals surface area (Å²) >= 11 is 0. The van der Waals surface area contributed by atoms with Crippen molar-refractivity contribution in [3.05, 3.63) is 89.7 Å². The Balaban J connectivity index is 1.25. The molecule has 34 heavy (non-hydrogen) atoms. The number of rotatable bonds is 9. The third kappa shape index (κ3) is 5.54. The minimum atomic E-state index is -0.319. The van der Waals surface area contributed by atoms with Gasteiger partial charge in [0.1, 0.15) is 17.9 Å². The first-order chi connectivity index (χ1) is 16.5. The van der Waals surface area contributed by atoms with E-state index < -0.39 is 0 Å². The molecule has 0 bridgehead atoms. The molecule has 0 aliphatic heterocycles. The zero-order valence-electron chi connectivity index (χ0n) is 18.7. The molecular weight excluding hydrogens is 434 g/mol. The van der Waals surface area contributed by atoms with Crippen LogP contribution in [0.15, 0.2) is 77.2 Å². The van der Waals surface area contributed by atoms with Crippen LogP contribution in [-0.4, -0.2) is 32.1 Å². The fraction of sp³-hybridized carbons (Fsp3) is 0.154. The van der Waals surface area contributed by atoms with E-state index >= 15 is 0 Å². The molecular formula is C26H25N3O5.